The van der Waals surface area contributed by atoms with E-state index in [4.69, 9.17) is 0 Å². The third-order valence-corrected chi connectivity index (χ3v) is 4.96. The first kappa shape index (κ1) is 11.9. The Hall–Kier alpha value is -0.120. The number of hydrogen-bond acceptors (Lipinski definition) is 3. The molecule has 0 aromatic heterocycles. The van der Waals surface area contributed by atoms with E-state index in [-0.39, 0.29) is 0 Å². The fourth-order valence-electron chi connectivity index (χ4n) is 3.91. The van der Waals surface area contributed by atoms with E-state index in [1.54, 1.807) is 0 Å². The molecule has 3 heterocycles. The predicted molar refractivity (Wildman–Crippen MR) is 71.2 cm³/mol. The molecule has 3 heteroatoms. The van der Waals surface area contributed by atoms with Crippen molar-refractivity contribution in [2.24, 2.45) is 5.92 Å². The van der Waals surface area contributed by atoms with Gasteiger partial charge in [0.1, 0.15) is 0 Å². The lowest BCUT2D eigenvalue weighted by Crippen LogP contribution is -2.56. The van der Waals surface area contributed by atoms with Crippen LogP contribution >= 0.6 is 0 Å². The van der Waals surface area contributed by atoms with Gasteiger partial charge in [0.15, 0.2) is 0 Å². The summed E-state index contributed by atoms with van der Waals surface area (Å²) in [6.07, 6.45) is 5.68. The number of rotatable bonds is 2. The Morgan fingerprint density at radius 1 is 1.18 bits per heavy atom. The minimum Gasteiger partial charge on any atom is -0.316 e. The van der Waals surface area contributed by atoms with Crippen molar-refractivity contribution in [2.45, 2.75) is 44.7 Å². The van der Waals surface area contributed by atoms with E-state index in [0.717, 1.165) is 18.0 Å². The maximum atomic E-state index is 3.55. The molecule has 3 rings (SSSR count). The van der Waals surface area contributed by atoms with Crippen LogP contribution in [0.5, 0.6) is 0 Å². The molecule has 3 aliphatic heterocycles. The Morgan fingerprint density at radius 2 is 2.12 bits per heavy atom. The molecule has 0 amide bonds. The van der Waals surface area contributed by atoms with Gasteiger partial charge in [0, 0.05) is 31.7 Å². The molecule has 3 fully saturated rings. The van der Waals surface area contributed by atoms with Gasteiger partial charge < -0.3 is 5.32 Å². The molecule has 3 nitrogen and oxygen atoms in total. The quantitative estimate of drug-likeness (QED) is 0.777. The summed E-state index contributed by atoms with van der Waals surface area (Å²) >= 11 is 0. The van der Waals surface area contributed by atoms with E-state index in [1.165, 1.54) is 65.0 Å². The molecule has 3 atom stereocenters. The number of nitrogens with zero attached hydrogens (tertiary/aromatic N) is 2. The van der Waals surface area contributed by atoms with Crippen LogP contribution in [0.15, 0.2) is 0 Å². The first-order valence-corrected chi connectivity index (χ1v) is 7.52. The van der Waals surface area contributed by atoms with Gasteiger partial charge in [0.05, 0.1) is 0 Å². The number of piperazine rings is 1. The second-order valence-corrected chi connectivity index (χ2v) is 6.31. The normalized spacial score (nSPS) is 40.4. The number of piperidine rings is 1. The van der Waals surface area contributed by atoms with E-state index in [0.29, 0.717) is 0 Å². The smallest absolute Gasteiger partial charge is 0.0224 e. The lowest BCUT2D eigenvalue weighted by atomic mass is 9.97. The second-order valence-electron chi connectivity index (χ2n) is 6.31. The van der Waals surface area contributed by atoms with Gasteiger partial charge in [-0.25, -0.2) is 0 Å². The zero-order valence-electron chi connectivity index (χ0n) is 11.2. The zero-order chi connectivity index (χ0) is 11.7. The van der Waals surface area contributed by atoms with Gasteiger partial charge in [-0.2, -0.15) is 0 Å². The fourth-order valence-corrected chi connectivity index (χ4v) is 3.91. The molecule has 1 N–H and O–H groups in total. The van der Waals surface area contributed by atoms with Crippen LogP contribution in [0, 0.1) is 5.92 Å². The minimum absolute atomic E-state index is 0.770. The van der Waals surface area contributed by atoms with E-state index in [2.05, 4.69) is 22.0 Å². The van der Waals surface area contributed by atoms with Crippen LogP contribution in [0.4, 0.5) is 0 Å². The Balaban J connectivity index is 1.55. The highest BCUT2D eigenvalue weighted by Gasteiger charge is 2.35. The van der Waals surface area contributed by atoms with Crippen LogP contribution in [-0.2, 0) is 0 Å². The molecule has 0 spiro atoms. The molecular weight excluding hydrogens is 210 g/mol. The van der Waals surface area contributed by atoms with Crippen LogP contribution in [0.2, 0.25) is 0 Å². The second kappa shape index (κ2) is 5.25. The van der Waals surface area contributed by atoms with E-state index in [9.17, 15) is 0 Å². The van der Waals surface area contributed by atoms with Crippen molar-refractivity contribution < 1.29 is 0 Å². The highest BCUT2D eigenvalue weighted by atomic mass is 15.3. The summed E-state index contributed by atoms with van der Waals surface area (Å²) in [4.78, 5) is 5.49. The van der Waals surface area contributed by atoms with Gasteiger partial charge in [0.2, 0.25) is 0 Å². The molecule has 0 aromatic carbocycles. The van der Waals surface area contributed by atoms with Crippen molar-refractivity contribution in [1.29, 1.82) is 0 Å². The number of hydrogen-bond donors (Lipinski definition) is 1. The van der Waals surface area contributed by atoms with Crippen molar-refractivity contribution in [3.8, 4) is 0 Å². The monoisotopic (exact) mass is 237 g/mol. The highest BCUT2D eigenvalue weighted by Crippen LogP contribution is 2.25. The van der Waals surface area contributed by atoms with Gasteiger partial charge in [-0.05, 0) is 58.2 Å². The average Bonchev–Trinajstić information content (AvgIpc) is 2.78. The third kappa shape index (κ3) is 2.67. The molecular formula is C14H27N3. The largest absolute Gasteiger partial charge is 0.316 e. The SMILES string of the molecule is CC1CN2CCCC2CN1CC1CCCNC1. The predicted octanol–water partition coefficient (Wildman–Crippen LogP) is 1.15. The number of nitrogens with one attached hydrogen (secondary N) is 1. The van der Waals surface area contributed by atoms with Gasteiger partial charge in [-0.15, -0.1) is 0 Å². The molecule has 98 valence electrons. The summed E-state index contributed by atoms with van der Waals surface area (Å²) in [7, 11) is 0. The van der Waals surface area contributed by atoms with Crippen molar-refractivity contribution in [1.82, 2.24) is 15.1 Å². The Morgan fingerprint density at radius 3 is 2.94 bits per heavy atom. The maximum absolute atomic E-state index is 3.55. The highest BCUT2D eigenvalue weighted by molar-refractivity contribution is 4.91. The molecule has 0 aromatic rings. The van der Waals surface area contributed by atoms with E-state index in [1.807, 2.05) is 0 Å². The van der Waals surface area contributed by atoms with E-state index < -0.39 is 0 Å². The zero-order valence-corrected chi connectivity index (χ0v) is 11.2. The summed E-state index contributed by atoms with van der Waals surface area (Å²) in [6, 6.07) is 1.65. The Bertz CT molecular complexity index is 250. The molecule has 0 bridgehead atoms. The van der Waals surface area contributed by atoms with Crippen molar-refractivity contribution in [3.63, 3.8) is 0 Å². The minimum atomic E-state index is 0.770. The summed E-state index contributed by atoms with van der Waals surface area (Å²) in [6.45, 7) is 10.2. The average molecular weight is 237 g/mol. The van der Waals surface area contributed by atoms with E-state index >= 15 is 0 Å². The van der Waals surface area contributed by atoms with Crippen LogP contribution in [0.25, 0.3) is 0 Å². The summed E-state index contributed by atoms with van der Waals surface area (Å²) < 4.78 is 0. The maximum Gasteiger partial charge on any atom is 0.0224 e. The molecule has 0 saturated carbocycles. The van der Waals surface area contributed by atoms with Crippen LogP contribution in [0.1, 0.15) is 32.6 Å². The van der Waals surface area contributed by atoms with Gasteiger partial charge in [-0.1, -0.05) is 0 Å². The topological polar surface area (TPSA) is 18.5 Å². The first-order valence-electron chi connectivity index (χ1n) is 7.52. The van der Waals surface area contributed by atoms with Crippen molar-refractivity contribution in [2.75, 3.05) is 39.3 Å². The molecule has 3 saturated heterocycles. The number of fused-ring (bicyclic) bond motifs is 1. The van der Waals surface area contributed by atoms with Crippen molar-refractivity contribution >= 4 is 0 Å². The summed E-state index contributed by atoms with van der Waals surface area (Å²) in [5.74, 6) is 0.902. The Labute approximate surface area is 106 Å². The van der Waals surface area contributed by atoms with Gasteiger partial charge >= 0.3 is 0 Å². The van der Waals surface area contributed by atoms with Crippen LogP contribution in [0.3, 0.4) is 0 Å². The van der Waals surface area contributed by atoms with Crippen LogP contribution in [-0.4, -0.2) is 61.2 Å². The van der Waals surface area contributed by atoms with Gasteiger partial charge in [0.25, 0.3) is 0 Å². The standard InChI is InChI=1S/C14H27N3/c1-12-9-16-7-3-5-14(16)11-17(12)10-13-4-2-6-15-8-13/h12-15H,2-11H2,1H3. The molecule has 0 aliphatic carbocycles. The third-order valence-electron chi connectivity index (χ3n) is 4.96. The van der Waals surface area contributed by atoms with Gasteiger partial charge in [-0.3, -0.25) is 9.80 Å². The van der Waals surface area contributed by atoms with Crippen molar-refractivity contribution in [3.05, 3.63) is 0 Å². The molecule has 0 radical (unpaired) electrons. The molecule has 17 heavy (non-hydrogen) atoms. The lowest BCUT2D eigenvalue weighted by Gasteiger charge is -2.44. The fraction of sp³-hybridized carbons (Fsp3) is 1.00. The Kier molecular flexibility index (Phi) is 3.69. The summed E-state index contributed by atoms with van der Waals surface area (Å²) in [5.41, 5.74) is 0. The lowest BCUT2D eigenvalue weighted by molar-refractivity contribution is 0.0451. The molecule has 3 aliphatic rings. The molecule has 3 unspecified atom stereocenters. The van der Waals surface area contributed by atoms with Crippen LogP contribution < -0.4 is 5.32 Å². The first-order chi connectivity index (χ1) is 8.33. The summed E-state index contributed by atoms with van der Waals surface area (Å²) in [5, 5.41) is 3.55.